The van der Waals surface area contributed by atoms with E-state index in [0.717, 1.165) is 12.8 Å². The maximum Gasteiger partial charge on any atom is 0.332 e. The van der Waals surface area contributed by atoms with Gasteiger partial charge in [-0.2, -0.15) is 0 Å². The Morgan fingerprint density at radius 1 is 0.462 bits per heavy atom. The number of carboxylic acid groups (broad SMARTS) is 1. The molecule has 0 amide bonds. The zero-order chi connectivity index (χ0) is 30.7. The number of hydrogen-bond donors (Lipinski definition) is 11. The fraction of sp³-hybridized carbons (Fsp3) is 0.963. The summed E-state index contributed by atoms with van der Waals surface area (Å²) in [5.74, 6) is -1.09. The number of aliphatic hydroxyl groups excluding tert-OH is 10. The molecule has 0 aromatic carbocycles. The van der Waals surface area contributed by atoms with Gasteiger partial charge in [0, 0.05) is 0 Å². The van der Waals surface area contributed by atoms with Crippen LogP contribution >= 0.6 is 0 Å². The van der Waals surface area contributed by atoms with E-state index in [1.165, 1.54) is 77.0 Å². The van der Waals surface area contributed by atoms with E-state index in [4.69, 9.17) is 56.2 Å². The summed E-state index contributed by atoms with van der Waals surface area (Å²) in [5, 5.41) is 89.7. The van der Waals surface area contributed by atoms with Gasteiger partial charge in [0.25, 0.3) is 0 Å². The predicted molar refractivity (Wildman–Crippen MR) is 149 cm³/mol. The minimum atomic E-state index is -1.16. The number of unbranched alkanes of at least 4 members (excludes halogenated alkanes) is 13. The largest absolute Gasteiger partial charge is 0.479 e. The number of aliphatic hydroxyl groups is 10. The molecule has 12 nitrogen and oxygen atoms in total. The highest BCUT2D eigenvalue weighted by molar-refractivity contribution is 5.71. The number of carbonyl (C=O) groups is 1. The Labute approximate surface area is 234 Å². The van der Waals surface area contributed by atoms with Crippen molar-refractivity contribution in [2.24, 2.45) is 0 Å². The van der Waals surface area contributed by atoms with Gasteiger partial charge >= 0.3 is 5.97 Å². The van der Waals surface area contributed by atoms with Crippen molar-refractivity contribution in [1.82, 2.24) is 0 Å². The molecule has 0 rings (SSSR count). The second-order valence-corrected chi connectivity index (χ2v) is 9.30. The summed E-state index contributed by atoms with van der Waals surface area (Å²) in [4.78, 5) is 10.4. The fourth-order valence-electron chi connectivity index (χ4n) is 2.83. The monoisotopic (exact) mass is 576 g/mol. The number of rotatable bonds is 22. The van der Waals surface area contributed by atoms with Gasteiger partial charge in [0.05, 0.1) is 39.6 Å². The van der Waals surface area contributed by atoms with Gasteiger partial charge in [0.15, 0.2) is 6.10 Å². The quantitative estimate of drug-likeness (QED) is 0.0780. The first-order valence-electron chi connectivity index (χ1n) is 14.2. The van der Waals surface area contributed by atoms with Crippen LogP contribution in [0.2, 0.25) is 0 Å². The van der Waals surface area contributed by atoms with E-state index in [9.17, 15) is 4.79 Å². The van der Waals surface area contributed by atoms with Crippen LogP contribution in [0.1, 0.15) is 103 Å². The summed E-state index contributed by atoms with van der Waals surface area (Å²) in [5.41, 5.74) is 0. The third-order valence-corrected chi connectivity index (χ3v) is 5.38. The van der Waals surface area contributed by atoms with Crippen LogP contribution in [0, 0.1) is 0 Å². The Morgan fingerprint density at radius 3 is 0.872 bits per heavy atom. The van der Waals surface area contributed by atoms with Crippen LogP contribution in [0.5, 0.6) is 0 Å². The maximum absolute atomic E-state index is 10.4. The Bertz CT molecular complexity index is 407. The summed E-state index contributed by atoms with van der Waals surface area (Å²) in [7, 11) is 0. The molecule has 0 fully saturated rings. The molecule has 0 spiro atoms. The first-order chi connectivity index (χ1) is 18.6. The van der Waals surface area contributed by atoms with E-state index < -0.39 is 30.4 Å². The summed E-state index contributed by atoms with van der Waals surface area (Å²) in [6.07, 6.45) is 14.4. The van der Waals surface area contributed by atoms with Crippen LogP contribution in [0.3, 0.4) is 0 Å². The second-order valence-electron chi connectivity index (χ2n) is 9.30. The van der Waals surface area contributed by atoms with Crippen molar-refractivity contribution in [1.29, 1.82) is 0 Å². The molecule has 11 N–H and O–H groups in total. The van der Waals surface area contributed by atoms with Crippen molar-refractivity contribution >= 4 is 5.97 Å². The van der Waals surface area contributed by atoms with E-state index in [-0.39, 0.29) is 39.6 Å². The number of carboxylic acids is 1. The molecule has 0 aromatic rings. The third kappa shape index (κ3) is 47.2. The van der Waals surface area contributed by atoms with E-state index in [1.807, 2.05) is 0 Å². The molecular formula is C27H60O12. The van der Waals surface area contributed by atoms with Gasteiger partial charge in [-0.05, 0) is 6.42 Å². The number of hydrogen-bond acceptors (Lipinski definition) is 11. The average Bonchev–Trinajstić information content (AvgIpc) is 2.96. The topological polar surface area (TPSA) is 240 Å². The molecule has 1 unspecified atom stereocenters. The molecule has 0 aliphatic rings. The molecular weight excluding hydrogens is 516 g/mol. The summed E-state index contributed by atoms with van der Waals surface area (Å²) in [6, 6.07) is 0. The molecule has 0 aliphatic heterocycles. The molecule has 0 aliphatic carbocycles. The normalized spacial score (nSPS) is 11.3. The predicted octanol–water partition coefficient (Wildman–Crippen LogP) is 0.299. The molecule has 0 saturated heterocycles. The van der Waals surface area contributed by atoms with Gasteiger partial charge in [-0.25, -0.2) is 4.79 Å². The Hall–Kier alpha value is -0.930. The fourth-order valence-corrected chi connectivity index (χ4v) is 2.83. The molecule has 0 radical (unpaired) electrons. The molecule has 0 saturated carbocycles. The zero-order valence-corrected chi connectivity index (χ0v) is 24.0. The molecule has 0 aromatic heterocycles. The lowest BCUT2D eigenvalue weighted by atomic mass is 10.0. The van der Waals surface area contributed by atoms with Gasteiger partial charge < -0.3 is 56.2 Å². The molecule has 39 heavy (non-hydrogen) atoms. The molecule has 1 atom stereocenters. The van der Waals surface area contributed by atoms with Gasteiger partial charge in [-0.3, -0.25) is 0 Å². The van der Waals surface area contributed by atoms with Crippen molar-refractivity contribution in [2.75, 3.05) is 39.6 Å². The van der Waals surface area contributed by atoms with Crippen LogP contribution in [-0.4, -0.2) is 126 Å². The Balaban J connectivity index is -0.000000274. The lowest BCUT2D eigenvalue weighted by Gasteiger charge is -2.05. The van der Waals surface area contributed by atoms with E-state index in [1.54, 1.807) is 0 Å². The molecule has 0 bridgehead atoms. The number of aliphatic carboxylic acids is 1. The smallest absolute Gasteiger partial charge is 0.332 e. The van der Waals surface area contributed by atoms with Gasteiger partial charge in [0.1, 0.15) is 18.3 Å². The summed E-state index contributed by atoms with van der Waals surface area (Å²) < 4.78 is 0. The highest BCUT2D eigenvalue weighted by Crippen LogP contribution is 2.13. The highest BCUT2D eigenvalue weighted by atomic mass is 16.4. The Kier molecular flexibility index (Phi) is 45.3. The van der Waals surface area contributed by atoms with Crippen molar-refractivity contribution in [3.63, 3.8) is 0 Å². The van der Waals surface area contributed by atoms with Crippen molar-refractivity contribution in [3.05, 3.63) is 0 Å². The standard InChI is InChI=1S/C18H36O3.3C3H8O3/c1-2-3-4-5-6-7-8-9-10-11-12-13-14-15-16-17(19)18(20)21;3*4-1-3(6)2-5/h17,19H,2-16H2,1H3,(H,20,21);3*3-6H,1-2H2. The Morgan fingerprint density at radius 2 is 0.692 bits per heavy atom. The van der Waals surface area contributed by atoms with Crippen molar-refractivity contribution in [2.45, 2.75) is 128 Å². The second kappa shape index (κ2) is 39.2. The van der Waals surface area contributed by atoms with Gasteiger partial charge in [-0.1, -0.05) is 96.8 Å². The van der Waals surface area contributed by atoms with Crippen LogP contribution in [0.15, 0.2) is 0 Å². The highest BCUT2D eigenvalue weighted by Gasteiger charge is 2.11. The molecule has 240 valence electrons. The first kappa shape index (κ1) is 45.1. The maximum atomic E-state index is 10.4. The molecule has 12 heteroatoms. The zero-order valence-electron chi connectivity index (χ0n) is 24.0. The van der Waals surface area contributed by atoms with Gasteiger partial charge in [-0.15, -0.1) is 0 Å². The van der Waals surface area contributed by atoms with E-state index in [2.05, 4.69) is 6.92 Å². The van der Waals surface area contributed by atoms with E-state index in [0.29, 0.717) is 6.42 Å². The summed E-state index contributed by atoms with van der Waals surface area (Å²) in [6.45, 7) is 0.0707. The van der Waals surface area contributed by atoms with E-state index >= 15 is 0 Å². The minimum Gasteiger partial charge on any atom is -0.479 e. The van der Waals surface area contributed by atoms with Crippen LogP contribution in [-0.2, 0) is 4.79 Å². The van der Waals surface area contributed by atoms with Crippen LogP contribution in [0.4, 0.5) is 0 Å². The van der Waals surface area contributed by atoms with Gasteiger partial charge in [0.2, 0.25) is 0 Å². The first-order valence-corrected chi connectivity index (χ1v) is 14.2. The lowest BCUT2D eigenvalue weighted by molar-refractivity contribution is -0.146. The average molecular weight is 577 g/mol. The van der Waals surface area contributed by atoms with Crippen LogP contribution < -0.4 is 0 Å². The summed E-state index contributed by atoms with van der Waals surface area (Å²) >= 11 is 0. The van der Waals surface area contributed by atoms with Crippen LogP contribution in [0.25, 0.3) is 0 Å². The molecule has 0 heterocycles. The van der Waals surface area contributed by atoms with Crippen molar-refractivity contribution < 1.29 is 61.0 Å². The lowest BCUT2D eigenvalue weighted by Crippen LogP contribution is -2.18. The van der Waals surface area contributed by atoms with Crippen molar-refractivity contribution in [3.8, 4) is 0 Å². The SMILES string of the molecule is CCCCCCCCCCCCCCCCC(O)C(=O)O.OCC(O)CO.OCC(O)CO.OCC(O)CO. The minimum absolute atomic E-state index is 0.365. The third-order valence-electron chi connectivity index (χ3n) is 5.38.